The molecule has 1 aliphatic rings. The Morgan fingerprint density at radius 3 is 2.14 bits per heavy atom. The average molecular weight is 290 g/mol. The molecule has 0 spiro atoms. The maximum Gasteiger partial charge on any atom is 0.107 e. The number of nitrogens with zero attached hydrogens (tertiary/aromatic N) is 1. The first-order valence-corrected chi connectivity index (χ1v) is 8.09. The van der Waals surface area contributed by atoms with Crippen LogP contribution in [-0.4, -0.2) is 5.54 Å². The van der Waals surface area contributed by atoms with Gasteiger partial charge >= 0.3 is 0 Å². The zero-order valence-electron chi connectivity index (χ0n) is 12.8. The van der Waals surface area contributed by atoms with Gasteiger partial charge in [-0.05, 0) is 30.4 Å². The predicted octanol–water partition coefficient (Wildman–Crippen LogP) is 4.40. The van der Waals surface area contributed by atoms with Gasteiger partial charge in [-0.2, -0.15) is 5.26 Å². The Kier molecular flexibility index (Phi) is 4.56. The van der Waals surface area contributed by atoms with Crippen LogP contribution in [0.1, 0.15) is 42.9 Å². The van der Waals surface area contributed by atoms with Crippen molar-refractivity contribution >= 4 is 0 Å². The maximum atomic E-state index is 9.67. The van der Waals surface area contributed by atoms with Crippen molar-refractivity contribution in [2.75, 3.05) is 0 Å². The Labute approximate surface area is 132 Å². The fourth-order valence-corrected chi connectivity index (χ4v) is 3.39. The molecule has 2 heteroatoms. The van der Waals surface area contributed by atoms with Crippen LogP contribution in [0.4, 0.5) is 0 Å². The van der Waals surface area contributed by atoms with Gasteiger partial charge in [0.1, 0.15) is 5.54 Å². The SMILES string of the molecule is N#CC1(N[C@H](Cc2ccccc2)c2ccccc2)CCCC1. The Morgan fingerprint density at radius 1 is 0.955 bits per heavy atom. The first kappa shape index (κ1) is 14.8. The van der Waals surface area contributed by atoms with Crippen molar-refractivity contribution < 1.29 is 0 Å². The topological polar surface area (TPSA) is 35.8 Å². The molecule has 3 rings (SSSR count). The highest BCUT2D eigenvalue weighted by molar-refractivity contribution is 5.25. The lowest BCUT2D eigenvalue weighted by molar-refractivity contribution is 0.361. The Bertz CT molecular complexity index is 622. The van der Waals surface area contributed by atoms with E-state index in [9.17, 15) is 5.26 Å². The highest BCUT2D eigenvalue weighted by Gasteiger charge is 2.36. The second kappa shape index (κ2) is 6.77. The van der Waals surface area contributed by atoms with Crippen molar-refractivity contribution in [3.8, 4) is 6.07 Å². The van der Waals surface area contributed by atoms with E-state index < -0.39 is 0 Å². The summed E-state index contributed by atoms with van der Waals surface area (Å²) in [6, 6.07) is 23.7. The van der Waals surface area contributed by atoms with E-state index in [0.29, 0.717) is 0 Å². The van der Waals surface area contributed by atoms with Crippen LogP contribution in [0.2, 0.25) is 0 Å². The van der Waals surface area contributed by atoms with Crippen molar-refractivity contribution in [2.24, 2.45) is 0 Å². The molecule has 2 aromatic rings. The van der Waals surface area contributed by atoms with E-state index in [0.717, 1.165) is 32.1 Å². The Hall–Kier alpha value is -2.11. The number of hydrogen-bond donors (Lipinski definition) is 1. The quantitative estimate of drug-likeness (QED) is 0.886. The van der Waals surface area contributed by atoms with Gasteiger partial charge in [0.15, 0.2) is 0 Å². The number of nitriles is 1. The van der Waals surface area contributed by atoms with E-state index in [4.69, 9.17) is 0 Å². The molecule has 0 aliphatic heterocycles. The van der Waals surface area contributed by atoms with Crippen molar-refractivity contribution in [2.45, 2.75) is 43.7 Å². The van der Waals surface area contributed by atoms with Gasteiger partial charge in [-0.15, -0.1) is 0 Å². The molecule has 0 heterocycles. The van der Waals surface area contributed by atoms with Crippen LogP contribution in [-0.2, 0) is 6.42 Å². The minimum atomic E-state index is -0.352. The second-order valence-corrected chi connectivity index (χ2v) is 6.20. The largest absolute Gasteiger partial charge is 0.292 e. The van der Waals surface area contributed by atoms with Crippen molar-refractivity contribution in [3.05, 3.63) is 71.8 Å². The fourth-order valence-electron chi connectivity index (χ4n) is 3.39. The molecular formula is C20H22N2. The number of rotatable bonds is 5. The van der Waals surface area contributed by atoms with Gasteiger partial charge in [0.25, 0.3) is 0 Å². The van der Waals surface area contributed by atoms with E-state index in [-0.39, 0.29) is 11.6 Å². The van der Waals surface area contributed by atoms with Crippen LogP contribution < -0.4 is 5.32 Å². The molecule has 1 aliphatic carbocycles. The smallest absolute Gasteiger partial charge is 0.107 e. The summed E-state index contributed by atoms with van der Waals surface area (Å²) < 4.78 is 0. The fraction of sp³-hybridized carbons (Fsp3) is 0.350. The zero-order chi connectivity index (χ0) is 15.3. The lowest BCUT2D eigenvalue weighted by Crippen LogP contribution is -2.44. The molecule has 0 aromatic heterocycles. The molecule has 1 saturated carbocycles. The molecule has 112 valence electrons. The average Bonchev–Trinajstić information content (AvgIpc) is 3.05. The van der Waals surface area contributed by atoms with Gasteiger partial charge in [0.2, 0.25) is 0 Å². The standard InChI is InChI=1S/C20H22N2/c21-16-20(13-7-8-14-20)22-19(18-11-5-2-6-12-18)15-17-9-3-1-4-10-17/h1-6,9-12,19,22H,7-8,13-15H2/t19-/m1/s1. The van der Waals surface area contributed by atoms with Gasteiger partial charge in [-0.25, -0.2) is 0 Å². The lowest BCUT2D eigenvalue weighted by atomic mass is 9.92. The number of hydrogen-bond acceptors (Lipinski definition) is 2. The van der Waals surface area contributed by atoms with Gasteiger partial charge in [0, 0.05) is 6.04 Å². The van der Waals surface area contributed by atoms with E-state index in [2.05, 4.69) is 59.9 Å². The molecule has 1 N–H and O–H groups in total. The van der Waals surface area contributed by atoms with Crippen LogP contribution in [0.25, 0.3) is 0 Å². The van der Waals surface area contributed by atoms with E-state index in [1.807, 2.05) is 12.1 Å². The summed E-state index contributed by atoms with van der Waals surface area (Å²) in [5, 5.41) is 13.3. The normalized spacial score (nSPS) is 17.8. The molecule has 22 heavy (non-hydrogen) atoms. The number of nitrogens with one attached hydrogen (secondary N) is 1. The Balaban J connectivity index is 1.85. The molecule has 0 amide bonds. The van der Waals surface area contributed by atoms with Gasteiger partial charge < -0.3 is 0 Å². The Morgan fingerprint density at radius 2 is 1.55 bits per heavy atom. The van der Waals surface area contributed by atoms with Crippen molar-refractivity contribution in [1.29, 1.82) is 5.26 Å². The van der Waals surface area contributed by atoms with Gasteiger partial charge in [-0.1, -0.05) is 73.5 Å². The number of benzene rings is 2. The van der Waals surface area contributed by atoms with Crippen molar-refractivity contribution in [1.82, 2.24) is 5.32 Å². The second-order valence-electron chi connectivity index (χ2n) is 6.20. The van der Waals surface area contributed by atoms with Crippen LogP contribution in [0.3, 0.4) is 0 Å². The van der Waals surface area contributed by atoms with Crippen molar-refractivity contribution in [3.63, 3.8) is 0 Å². The molecule has 0 saturated heterocycles. The van der Waals surface area contributed by atoms with Crippen LogP contribution >= 0.6 is 0 Å². The molecule has 1 atom stereocenters. The molecule has 0 bridgehead atoms. The summed E-state index contributed by atoms with van der Waals surface area (Å²) in [5.41, 5.74) is 2.21. The third kappa shape index (κ3) is 3.37. The molecular weight excluding hydrogens is 268 g/mol. The van der Waals surface area contributed by atoms with Crippen LogP contribution in [0.5, 0.6) is 0 Å². The predicted molar refractivity (Wildman–Crippen MR) is 89.3 cm³/mol. The van der Waals surface area contributed by atoms with Crippen LogP contribution in [0.15, 0.2) is 60.7 Å². The molecule has 2 aromatic carbocycles. The summed E-state index contributed by atoms with van der Waals surface area (Å²) >= 11 is 0. The minimum absolute atomic E-state index is 0.182. The van der Waals surface area contributed by atoms with E-state index in [1.165, 1.54) is 11.1 Å². The molecule has 1 fully saturated rings. The summed E-state index contributed by atoms with van der Waals surface area (Å²) in [6.07, 6.45) is 5.12. The summed E-state index contributed by atoms with van der Waals surface area (Å²) in [4.78, 5) is 0. The maximum absolute atomic E-state index is 9.67. The molecule has 2 nitrogen and oxygen atoms in total. The monoisotopic (exact) mass is 290 g/mol. The molecule has 0 unspecified atom stereocenters. The summed E-state index contributed by atoms with van der Waals surface area (Å²) in [7, 11) is 0. The third-order valence-electron chi connectivity index (χ3n) is 4.61. The van der Waals surface area contributed by atoms with E-state index in [1.54, 1.807) is 0 Å². The highest BCUT2D eigenvalue weighted by Crippen LogP contribution is 2.32. The summed E-state index contributed by atoms with van der Waals surface area (Å²) in [6.45, 7) is 0. The molecule has 0 radical (unpaired) electrons. The first-order chi connectivity index (χ1) is 10.8. The highest BCUT2D eigenvalue weighted by atomic mass is 15.0. The van der Waals surface area contributed by atoms with Gasteiger partial charge in [-0.3, -0.25) is 5.32 Å². The zero-order valence-corrected chi connectivity index (χ0v) is 12.8. The van der Waals surface area contributed by atoms with Gasteiger partial charge in [0.05, 0.1) is 6.07 Å². The van der Waals surface area contributed by atoms with Crippen LogP contribution in [0, 0.1) is 11.3 Å². The first-order valence-electron chi connectivity index (χ1n) is 8.09. The lowest BCUT2D eigenvalue weighted by Gasteiger charge is -2.29. The minimum Gasteiger partial charge on any atom is -0.292 e. The summed E-state index contributed by atoms with van der Waals surface area (Å²) in [5.74, 6) is 0. The third-order valence-corrected chi connectivity index (χ3v) is 4.61. The van der Waals surface area contributed by atoms with E-state index >= 15 is 0 Å².